The summed E-state index contributed by atoms with van der Waals surface area (Å²) in [5, 5.41) is 0. The van der Waals surface area contributed by atoms with Gasteiger partial charge in [-0.25, -0.2) is 0 Å². The minimum atomic E-state index is -0.276. The minimum Gasteiger partial charge on any atom is -0.461 e. The van der Waals surface area contributed by atoms with Gasteiger partial charge in [-0.2, -0.15) is 0 Å². The van der Waals surface area contributed by atoms with Crippen LogP contribution in [0.2, 0.25) is 0 Å². The van der Waals surface area contributed by atoms with Crippen molar-refractivity contribution in [2.45, 2.75) is 44.5 Å². The second kappa shape index (κ2) is 3.54. The van der Waals surface area contributed by atoms with E-state index in [0.29, 0.717) is 11.8 Å². The third kappa shape index (κ3) is 1.36. The van der Waals surface area contributed by atoms with Crippen LogP contribution in [0.5, 0.6) is 5.75 Å². The van der Waals surface area contributed by atoms with E-state index in [2.05, 4.69) is 24.3 Å². The van der Waals surface area contributed by atoms with Crippen molar-refractivity contribution in [1.82, 2.24) is 0 Å². The van der Waals surface area contributed by atoms with E-state index < -0.39 is 0 Å². The highest BCUT2D eigenvalue weighted by atomic mass is 16.7. The van der Waals surface area contributed by atoms with Crippen LogP contribution in [-0.2, 0) is 11.3 Å². The Hall–Kier alpha value is -1.02. The molecule has 2 nitrogen and oxygen atoms in total. The average molecular weight is 256 g/mol. The van der Waals surface area contributed by atoms with Crippen molar-refractivity contribution in [3.8, 4) is 5.75 Å². The Balaban J connectivity index is 1.56. The third-order valence-electron chi connectivity index (χ3n) is 5.97. The fourth-order valence-corrected chi connectivity index (χ4v) is 5.36. The van der Waals surface area contributed by atoms with Crippen LogP contribution in [0.15, 0.2) is 24.3 Å². The van der Waals surface area contributed by atoms with Crippen molar-refractivity contribution in [1.29, 1.82) is 0 Å². The van der Waals surface area contributed by atoms with Gasteiger partial charge in [0.05, 0.1) is 6.61 Å². The number of benzene rings is 1. The topological polar surface area (TPSA) is 18.5 Å². The quantitative estimate of drug-likeness (QED) is 0.704. The van der Waals surface area contributed by atoms with Crippen LogP contribution >= 0.6 is 0 Å². The molecule has 2 heteroatoms. The van der Waals surface area contributed by atoms with Gasteiger partial charge >= 0.3 is 0 Å². The van der Waals surface area contributed by atoms with Crippen LogP contribution in [0.1, 0.15) is 37.7 Å². The third-order valence-corrected chi connectivity index (χ3v) is 5.97. The summed E-state index contributed by atoms with van der Waals surface area (Å²) in [5.74, 6) is 3.98. The molecule has 4 fully saturated rings. The molecule has 1 heterocycles. The summed E-state index contributed by atoms with van der Waals surface area (Å²) >= 11 is 0. The van der Waals surface area contributed by atoms with Crippen LogP contribution in [0.3, 0.4) is 0 Å². The molecule has 6 rings (SSSR count). The van der Waals surface area contributed by atoms with Crippen molar-refractivity contribution in [3.63, 3.8) is 0 Å². The molecule has 0 N–H and O–H groups in total. The highest BCUT2D eigenvalue weighted by Crippen LogP contribution is 2.61. The Morgan fingerprint density at radius 1 is 0.895 bits per heavy atom. The van der Waals surface area contributed by atoms with Crippen LogP contribution < -0.4 is 4.74 Å². The molecular weight excluding hydrogens is 236 g/mol. The van der Waals surface area contributed by atoms with Crippen LogP contribution in [0, 0.1) is 23.7 Å². The van der Waals surface area contributed by atoms with Gasteiger partial charge in [0.15, 0.2) is 0 Å². The zero-order valence-electron chi connectivity index (χ0n) is 11.2. The Morgan fingerprint density at radius 2 is 1.58 bits per heavy atom. The number of rotatable bonds is 0. The van der Waals surface area contributed by atoms with Gasteiger partial charge in [-0.05, 0) is 50.0 Å². The van der Waals surface area contributed by atoms with Gasteiger partial charge in [-0.15, -0.1) is 0 Å². The second-order valence-corrected chi connectivity index (χ2v) is 7.02. The lowest BCUT2D eigenvalue weighted by molar-refractivity contribution is -0.315. The molecule has 0 unspecified atom stereocenters. The molecule has 5 aliphatic rings. The van der Waals surface area contributed by atoms with Crippen LogP contribution in [0.25, 0.3) is 0 Å². The molecule has 0 aromatic heterocycles. The highest BCUT2D eigenvalue weighted by molar-refractivity contribution is 5.35. The van der Waals surface area contributed by atoms with Crippen LogP contribution in [-0.4, -0.2) is 5.79 Å². The normalized spacial score (nSPS) is 46.1. The lowest BCUT2D eigenvalue weighted by atomic mass is 9.53. The molecule has 1 aromatic rings. The summed E-state index contributed by atoms with van der Waals surface area (Å²) in [4.78, 5) is 0. The summed E-state index contributed by atoms with van der Waals surface area (Å²) in [7, 11) is 0. The zero-order chi connectivity index (χ0) is 12.4. The molecule has 0 saturated heterocycles. The number of hydrogen-bond acceptors (Lipinski definition) is 2. The lowest BCUT2D eigenvalue weighted by Crippen LogP contribution is -2.63. The predicted molar refractivity (Wildman–Crippen MR) is 71.6 cm³/mol. The first kappa shape index (κ1) is 10.7. The largest absolute Gasteiger partial charge is 0.461 e. The molecule has 1 spiro atoms. The maximum Gasteiger partial charge on any atom is 0.216 e. The maximum atomic E-state index is 6.47. The number of fused-ring (bicyclic) bond motifs is 1. The van der Waals surface area contributed by atoms with E-state index in [1.165, 1.54) is 37.7 Å². The van der Waals surface area contributed by atoms with E-state index in [1.54, 1.807) is 0 Å². The molecule has 19 heavy (non-hydrogen) atoms. The minimum absolute atomic E-state index is 0.276. The monoisotopic (exact) mass is 256 g/mol. The maximum absolute atomic E-state index is 6.47. The van der Waals surface area contributed by atoms with E-state index >= 15 is 0 Å². The van der Waals surface area contributed by atoms with Crippen molar-refractivity contribution in [2.75, 3.05) is 0 Å². The van der Waals surface area contributed by atoms with E-state index in [9.17, 15) is 0 Å². The zero-order valence-corrected chi connectivity index (χ0v) is 11.2. The van der Waals surface area contributed by atoms with Gasteiger partial charge in [-0.3, -0.25) is 0 Å². The van der Waals surface area contributed by atoms with E-state index in [-0.39, 0.29) is 5.79 Å². The Kier molecular flexibility index (Phi) is 2.00. The lowest BCUT2D eigenvalue weighted by Gasteiger charge is -2.60. The first-order valence-corrected chi connectivity index (χ1v) is 7.74. The molecular formula is C17H20O2. The summed E-state index contributed by atoms with van der Waals surface area (Å²) in [5.41, 5.74) is 1.21. The number of ether oxygens (including phenoxy) is 2. The van der Waals surface area contributed by atoms with Gasteiger partial charge < -0.3 is 9.47 Å². The summed E-state index contributed by atoms with van der Waals surface area (Å²) in [6.45, 7) is 0.735. The molecule has 0 radical (unpaired) electrons. The molecule has 1 aliphatic heterocycles. The Labute approximate surface area is 114 Å². The molecule has 4 saturated carbocycles. The van der Waals surface area contributed by atoms with Gasteiger partial charge in [0.2, 0.25) is 5.79 Å². The molecule has 100 valence electrons. The van der Waals surface area contributed by atoms with Crippen molar-refractivity contribution < 1.29 is 9.47 Å². The van der Waals surface area contributed by atoms with E-state index in [0.717, 1.165) is 24.2 Å². The molecule has 0 atom stereocenters. The number of para-hydroxylation sites is 1. The SMILES string of the molecule is c1ccc2c(c1)COC1(O2)C2CC3CC(C2)CC1C3. The summed E-state index contributed by atoms with van der Waals surface area (Å²) < 4.78 is 12.8. The van der Waals surface area contributed by atoms with Gasteiger partial charge in [-0.1, -0.05) is 18.2 Å². The highest BCUT2D eigenvalue weighted by Gasteiger charge is 2.61. The molecule has 0 amide bonds. The van der Waals surface area contributed by atoms with Crippen LogP contribution in [0.4, 0.5) is 0 Å². The number of hydrogen-bond donors (Lipinski definition) is 0. The second-order valence-electron chi connectivity index (χ2n) is 7.02. The van der Waals surface area contributed by atoms with Crippen molar-refractivity contribution in [3.05, 3.63) is 29.8 Å². The Bertz CT molecular complexity index is 494. The summed E-state index contributed by atoms with van der Waals surface area (Å²) in [6.07, 6.45) is 6.79. The standard InChI is InChI=1S/C17H20O2/c1-2-4-16-13(3-1)10-18-17(19-16)14-6-11-5-12(8-14)9-15(17)7-11/h1-4,11-12,14-15H,5-10H2. The fraction of sp³-hybridized carbons (Fsp3) is 0.647. The van der Waals surface area contributed by atoms with Gasteiger partial charge in [0.25, 0.3) is 0 Å². The predicted octanol–water partition coefficient (Wildman–Crippen LogP) is 3.75. The van der Waals surface area contributed by atoms with E-state index in [1.807, 2.05) is 0 Å². The molecule has 4 bridgehead atoms. The fourth-order valence-electron chi connectivity index (χ4n) is 5.36. The van der Waals surface area contributed by atoms with Crippen molar-refractivity contribution >= 4 is 0 Å². The first-order valence-electron chi connectivity index (χ1n) is 7.74. The molecule has 4 aliphatic carbocycles. The van der Waals surface area contributed by atoms with Crippen molar-refractivity contribution in [2.24, 2.45) is 23.7 Å². The first-order chi connectivity index (χ1) is 9.33. The van der Waals surface area contributed by atoms with Gasteiger partial charge in [0, 0.05) is 17.4 Å². The van der Waals surface area contributed by atoms with Gasteiger partial charge in [0.1, 0.15) is 5.75 Å². The van der Waals surface area contributed by atoms with E-state index in [4.69, 9.17) is 9.47 Å². The molecule has 1 aromatic carbocycles. The smallest absolute Gasteiger partial charge is 0.216 e. The average Bonchev–Trinajstić information content (AvgIpc) is 2.44. The summed E-state index contributed by atoms with van der Waals surface area (Å²) in [6, 6.07) is 8.39. The Morgan fingerprint density at radius 3 is 2.32 bits per heavy atom.